The van der Waals surface area contributed by atoms with Crippen LogP contribution in [0.2, 0.25) is 0 Å². The highest BCUT2D eigenvalue weighted by atomic mass is 79.9. The van der Waals surface area contributed by atoms with Crippen LogP contribution in [0.25, 0.3) is 0 Å². The lowest BCUT2D eigenvalue weighted by atomic mass is 10.2. The van der Waals surface area contributed by atoms with Crippen molar-refractivity contribution in [3.05, 3.63) is 69.9 Å². The van der Waals surface area contributed by atoms with E-state index in [0.29, 0.717) is 25.4 Å². The molecule has 0 aromatic heterocycles. The molecule has 2 aromatic rings. The zero-order valence-corrected chi connectivity index (χ0v) is 12.6. The zero-order chi connectivity index (χ0) is 14.2. The Kier molecular flexibility index (Phi) is 6.18. The maximum absolute atomic E-state index is 13.5. The van der Waals surface area contributed by atoms with Crippen LogP contribution >= 0.6 is 15.9 Å². The number of rotatable bonds is 7. The Labute approximate surface area is 126 Å². The van der Waals surface area contributed by atoms with Crippen molar-refractivity contribution in [2.45, 2.75) is 13.2 Å². The van der Waals surface area contributed by atoms with E-state index in [9.17, 15) is 4.39 Å². The summed E-state index contributed by atoms with van der Waals surface area (Å²) in [5.74, 6) is -0.260. The number of hydrogen-bond donors (Lipinski definition) is 0. The summed E-state index contributed by atoms with van der Waals surface area (Å²) in [4.78, 5) is 0. The lowest BCUT2D eigenvalue weighted by Crippen LogP contribution is -2.05. The van der Waals surface area contributed by atoms with Gasteiger partial charge >= 0.3 is 0 Å². The van der Waals surface area contributed by atoms with Gasteiger partial charge in [-0.3, -0.25) is 0 Å². The summed E-state index contributed by atoms with van der Waals surface area (Å²) >= 11 is 3.22. The van der Waals surface area contributed by atoms with Gasteiger partial charge < -0.3 is 9.47 Å². The fourth-order valence-corrected chi connectivity index (χ4v) is 2.04. The summed E-state index contributed by atoms with van der Waals surface area (Å²) < 4.78 is 25.1. The van der Waals surface area contributed by atoms with Gasteiger partial charge in [0.15, 0.2) is 0 Å². The van der Waals surface area contributed by atoms with E-state index < -0.39 is 0 Å². The third-order valence-electron chi connectivity index (χ3n) is 2.76. The third kappa shape index (κ3) is 5.04. The minimum absolute atomic E-state index is 0.258. The molecule has 4 heteroatoms. The van der Waals surface area contributed by atoms with Crippen LogP contribution in [-0.2, 0) is 22.7 Å². The summed E-state index contributed by atoms with van der Waals surface area (Å²) in [6, 6.07) is 14.9. The van der Waals surface area contributed by atoms with Crippen LogP contribution in [0.3, 0.4) is 0 Å². The average Bonchev–Trinajstić information content (AvgIpc) is 2.46. The summed E-state index contributed by atoms with van der Waals surface area (Å²) in [6.07, 6.45) is 0. The molecule has 0 aliphatic rings. The zero-order valence-electron chi connectivity index (χ0n) is 11.0. The first-order valence-corrected chi connectivity index (χ1v) is 7.18. The van der Waals surface area contributed by atoms with Crippen molar-refractivity contribution in [1.29, 1.82) is 0 Å². The Hall–Kier alpha value is -1.23. The van der Waals surface area contributed by atoms with Gasteiger partial charge in [-0.05, 0) is 17.7 Å². The van der Waals surface area contributed by atoms with E-state index in [4.69, 9.17) is 9.47 Å². The van der Waals surface area contributed by atoms with Gasteiger partial charge in [-0.15, -0.1) is 0 Å². The van der Waals surface area contributed by atoms with Gasteiger partial charge in [0.25, 0.3) is 0 Å². The van der Waals surface area contributed by atoms with Crippen LogP contribution in [0, 0.1) is 5.82 Å². The molecule has 0 radical (unpaired) electrons. The van der Waals surface area contributed by atoms with Crippen LogP contribution in [0.5, 0.6) is 0 Å². The minimum atomic E-state index is -0.260. The third-order valence-corrected chi connectivity index (χ3v) is 3.25. The predicted octanol–water partition coefficient (Wildman–Crippen LogP) is 4.32. The van der Waals surface area contributed by atoms with Crippen LogP contribution in [0.4, 0.5) is 4.39 Å². The molecular formula is C16H16BrFO2. The molecule has 0 amide bonds. The summed E-state index contributed by atoms with van der Waals surface area (Å²) in [6.45, 7) is 1.76. The maximum Gasteiger partial charge on any atom is 0.129 e. The van der Waals surface area contributed by atoms with E-state index in [0.717, 1.165) is 10.0 Å². The van der Waals surface area contributed by atoms with E-state index in [1.165, 1.54) is 6.07 Å². The summed E-state index contributed by atoms with van der Waals surface area (Å²) in [7, 11) is 0. The van der Waals surface area contributed by atoms with E-state index in [2.05, 4.69) is 15.9 Å². The van der Waals surface area contributed by atoms with Gasteiger partial charge in [0.05, 0.1) is 26.4 Å². The lowest BCUT2D eigenvalue weighted by Gasteiger charge is -2.07. The average molecular weight is 339 g/mol. The normalized spacial score (nSPS) is 10.7. The highest BCUT2D eigenvalue weighted by Crippen LogP contribution is 2.15. The van der Waals surface area contributed by atoms with Gasteiger partial charge in [-0.1, -0.05) is 52.3 Å². The first kappa shape index (κ1) is 15.2. The fourth-order valence-electron chi connectivity index (χ4n) is 1.70. The van der Waals surface area contributed by atoms with Crippen molar-refractivity contribution in [1.82, 2.24) is 0 Å². The van der Waals surface area contributed by atoms with Crippen LogP contribution < -0.4 is 0 Å². The summed E-state index contributed by atoms with van der Waals surface area (Å²) in [5.41, 5.74) is 1.68. The molecule has 20 heavy (non-hydrogen) atoms. The van der Waals surface area contributed by atoms with Crippen LogP contribution in [0.15, 0.2) is 53.0 Å². The number of hydrogen-bond acceptors (Lipinski definition) is 2. The van der Waals surface area contributed by atoms with E-state index >= 15 is 0 Å². The molecule has 2 nitrogen and oxygen atoms in total. The van der Waals surface area contributed by atoms with Crippen LogP contribution in [-0.4, -0.2) is 13.2 Å². The highest BCUT2D eigenvalue weighted by Gasteiger charge is 2.02. The quantitative estimate of drug-likeness (QED) is 0.700. The van der Waals surface area contributed by atoms with Crippen molar-refractivity contribution in [2.24, 2.45) is 0 Å². The number of ether oxygens (including phenoxy) is 2. The molecule has 0 unspecified atom stereocenters. The van der Waals surface area contributed by atoms with Gasteiger partial charge in [0.2, 0.25) is 0 Å². The smallest absolute Gasteiger partial charge is 0.129 e. The van der Waals surface area contributed by atoms with Gasteiger partial charge in [0, 0.05) is 10.0 Å². The van der Waals surface area contributed by atoms with Crippen LogP contribution in [0.1, 0.15) is 11.1 Å². The Bertz CT molecular complexity index is 531. The van der Waals surface area contributed by atoms with Gasteiger partial charge in [0.1, 0.15) is 5.82 Å². The largest absolute Gasteiger partial charge is 0.374 e. The molecule has 2 rings (SSSR count). The molecule has 0 N–H and O–H groups in total. The molecule has 0 spiro atoms. The van der Waals surface area contributed by atoms with E-state index in [1.807, 2.05) is 30.3 Å². The SMILES string of the molecule is Fc1cc(Br)ccc1COCCOCc1ccccc1. The molecule has 0 saturated carbocycles. The maximum atomic E-state index is 13.5. The Balaban J connectivity index is 1.62. The lowest BCUT2D eigenvalue weighted by molar-refractivity contribution is 0.0330. The monoisotopic (exact) mass is 338 g/mol. The number of benzene rings is 2. The topological polar surface area (TPSA) is 18.5 Å². The molecule has 0 fully saturated rings. The van der Waals surface area contributed by atoms with Crippen molar-refractivity contribution in [3.63, 3.8) is 0 Å². The molecule has 0 atom stereocenters. The predicted molar refractivity (Wildman–Crippen MR) is 79.9 cm³/mol. The van der Waals surface area contributed by atoms with E-state index in [1.54, 1.807) is 12.1 Å². The van der Waals surface area contributed by atoms with Crippen molar-refractivity contribution in [2.75, 3.05) is 13.2 Å². The Morgan fingerprint density at radius 2 is 1.60 bits per heavy atom. The molecule has 2 aromatic carbocycles. The van der Waals surface area contributed by atoms with Crippen molar-refractivity contribution >= 4 is 15.9 Å². The van der Waals surface area contributed by atoms with Gasteiger partial charge in [-0.25, -0.2) is 4.39 Å². The first-order chi connectivity index (χ1) is 9.75. The highest BCUT2D eigenvalue weighted by molar-refractivity contribution is 9.10. The van der Waals surface area contributed by atoms with Crippen molar-refractivity contribution in [3.8, 4) is 0 Å². The molecule has 0 bridgehead atoms. The second-order valence-corrected chi connectivity index (χ2v) is 5.24. The van der Waals surface area contributed by atoms with Gasteiger partial charge in [-0.2, -0.15) is 0 Å². The minimum Gasteiger partial charge on any atom is -0.374 e. The summed E-state index contributed by atoms with van der Waals surface area (Å²) in [5, 5.41) is 0. The molecule has 0 heterocycles. The first-order valence-electron chi connectivity index (χ1n) is 6.39. The Morgan fingerprint density at radius 1 is 0.900 bits per heavy atom. The number of halogens is 2. The standard InChI is InChI=1S/C16H16BrFO2/c17-15-7-6-14(16(18)10-15)12-20-9-8-19-11-13-4-2-1-3-5-13/h1-7,10H,8-9,11-12H2. The second-order valence-electron chi connectivity index (χ2n) is 4.33. The molecule has 0 saturated heterocycles. The molecule has 0 aliphatic carbocycles. The second kappa shape index (κ2) is 8.15. The Morgan fingerprint density at radius 3 is 2.30 bits per heavy atom. The molecule has 0 aliphatic heterocycles. The fraction of sp³-hybridized carbons (Fsp3) is 0.250. The molecule has 106 valence electrons. The van der Waals surface area contributed by atoms with E-state index in [-0.39, 0.29) is 12.4 Å². The van der Waals surface area contributed by atoms with Crippen molar-refractivity contribution < 1.29 is 13.9 Å². The molecular weight excluding hydrogens is 323 g/mol.